The first-order chi connectivity index (χ1) is 13.1. The lowest BCUT2D eigenvalue weighted by atomic mass is 10.2. The Bertz CT molecular complexity index is 1210. The van der Waals surface area contributed by atoms with E-state index in [-0.39, 0.29) is 11.4 Å². The second-order valence-corrected chi connectivity index (χ2v) is 5.99. The van der Waals surface area contributed by atoms with Gasteiger partial charge in [-0.1, -0.05) is 36.4 Å². The zero-order chi connectivity index (χ0) is 18.8. The predicted octanol–water partition coefficient (Wildman–Crippen LogP) is 4.83. The van der Waals surface area contributed by atoms with Gasteiger partial charge in [-0.2, -0.15) is 0 Å². The molecule has 1 aromatic heterocycles. The monoisotopic (exact) mass is 360 g/mol. The fourth-order valence-corrected chi connectivity index (χ4v) is 2.87. The van der Waals surface area contributed by atoms with E-state index in [1.54, 1.807) is 60.7 Å². The molecule has 0 unspecified atom stereocenters. The third-order valence-corrected chi connectivity index (χ3v) is 4.16. The molecule has 0 saturated heterocycles. The summed E-state index contributed by atoms with van der Waals surface area (Å²) >= 11 is 0. The van der Waals surface area contributed by atoms with Crippen LogP contribution in [0.5, 0.6) is 0 Å². The summed E-state index contributed by atoms with van der Waals surface area (Å²) in [7, 11) is 0. The molecule has 1 heterocycles. The van der Waals surface area contributed by atoms with Crippen LogP contribution in [-0.2, 0) is 0 Å². The highest BCUT2D eigenvalue weighted by molar-refractivity contribution is 5.80. The maximum Gasteiger partial charge on any atom is 0.266 e. The molecule has 3 aromatic carbocycles. The summed E-state index contributed by atoms with van der Waals surface area (Å²) in [5.41, 5.74) is 1.40. The molecule has 0 radical (unpaired) electrons. The molecular weight excluding hydrogens is 346 g/mol. The van der Waals surface area contributed by atoms with Crippen LogP contribution < -0.4 is 5.56 Å². The Hall–Kier alpha value is -3.60. The molecule has 27 heavy (non-hydrogen) atoms. The van der Waals surface area contributed by atoms with E-state index >= 15 is 0 Å². The molecule has 0 N–H and O–H groups in total. The van der Waals surface area contributed by atoms with Gasteiger partial charge in [-0.15, -0.1) is 0 Å². The predicted molar refractivity (Wildman–Crippen MR) is 103 cm³/mol. The Morgan fingerprint density at radius 1 is 0.815 bits per heavy atom. The normalized spacial score (nSPS) is 11.3. The minimum Gasteiger partial charge on any atom is -0.268 e. The Balaban J connectivity index is 1.93. The molecule has 0 aliphatic carbocycles. The molecule has 0 aliphatic heterocycles. The Labute approximate surface area is 153 Å². The summed E-state index contributed by atoms with van der Waals surface area (Å²) in [4.78, 5) is 17.6. The maximum absolute atomic E-state index is 13.7. The molecule has 0 saturated carbocycles. The summed E-state index contributed by atoms with van der Waals surface area (Å²) < 4.78 is 28.2. The van der Waals surface area contributed by atoms with Gasteiger partial charge in [0.1, 0.15) is 17.5 Å². The van der Waals surface area contributed by atoms with Crippen LogP contribution >= 0.6 is 0 Å². The number of benzene rings is 3. The van der Waals surface area contributed by atoms with Gasteiger partial charge in [-0.25, -0.2) is 13.8 Å². The van der Waals surface area contributed by atoms with Gasteiger partial charge in [-0.3, -0.25) is 9.36 Å². The quantitative estimate of drug-likeness (QED) is 0.524. The fraction of sp³-hybridized carbons (Fsp3) is 0. The number of para-hydroxylation sites is 1. The van der Waals surface area contributed by atoms with E-state index in [1.165, 1.54) is 28.8 Å². The number of rotatable bonds is 3. The fourth-order valence-electron chi connectivity index (χ4n) is 2.87. The van der Waals surface area contributed by atoms with Gasteiger partial charge in [-0.05, 0) is 54.1 Å². The number of hydrogen-bond donors (Lipinski definition) is 0. The van der Waals surface area contributed by atoms with Crippen LogP contribution in [0, 0.1) is 11.6 Å². The third kappa shape index (κ3) is 3.40. The van der Waals surface area contributed by atoms with Gasteiger partial charge in [0, 0.05) is 0 Å². The van der Waals surface area contributed by atoms with E-state index in [9.17, 15) is 13.6 Å². The van der Waals surface area contributed by atoms with Crippen molar-refractivity contribution >= 4 is 23.1 Å². The van der Waals surface area contributed by atoms with Gasteiger partial charge in [0.2, 0.25) is 0 Å². The van der Waals surface area contributed by atoms with Crippen molar-refractivity contribution in [3.63, 3.8) is 0 Å². The number of aromatic nitrogens is 2. The molecule has 4 rings (SSSR count). The molecule has 0 amide bonds. The van der Waals surface area contributed by atoms with Crippen LogP contribution in [0.1, 0.15) is 11.4 Å². The van der Waals surface area contributed by atoms with Crippen LogP contribution in [0.2, 0.25) is 0 Å². The van der Waals surface area contributed by atoms with Gasteiger partial charge in [0.25, 0.3) is 5.56 Å². The average molecular weight is 360 g/mol. The lowest BCUT2D eigenvalue weighted by molar-refractivity contribution is 0.626. The van der Waals surface area contributed by atoms with Crippen LogP contribution in [0.3, 0.4) is 0 Å². The summed E-state index contributed by atoms with van der Waals surface area (Å²) in [5.74, 6) is -0.415. The largest absolute Gasteiger partial charge is 0.268 e. The molecule has 0 fully saturated rings. The summed E-state index contributed by atoms with van der Waals surface area (Å²) in [6.07, 6.45) is 3.39. The van der Waals surface area contributed by atoms with Gasteiger partial charge >= 0.3 is 0 Å². The summed E-state index contributed by atoms with van der Waals surface area (Å²) in [5, 5.41) is 0.445. The van der Waals surface area contributed by atoms with E-state index in [2.05, 4.69) is 4.98 Å². The Kier molecular flexibility index (Phi) is 4.34. The van der Waals surface area contributed by atoms with Crippen LogP contribution in [0.4, 0.5) is 8.78 Å². The van der Waals surface area contributed by atoms with Gasteiger partial charge in [0.15, 0.2) is 0 Å². The van der Waals surface area contributed by atoms with Crippen molar-refractivity contribution in [2.75, 3.05) is 0 Å². The standard InChI is InChI=1S/C22H14F2N2O/c23-16-11-8-15(9-12-16)10-13-21-25-20-7-2-1-6-19(20)22(27)26(21)18-5-3-4-17(24)14-18/h1-14H/b13-10-. The molecule has 0 atom stereocenters. The van der Waals surface area contributed by atoms with E-state index in [1.807, 2.05) is 0 Å². The molecule has 0 bridgehead atoms. The minimum absolute atomic E-state index is 0.287. The van der Waals surface area contributed by atoms with Crippen molar-refractivity contribution in [2.24, 2.45) is 0 Å². The Morgan fingerprint density at radius 3 is 2.37 bits per heavy atom. The summed E-state index contributed by atoms with van der Waals surface area (Å²) in [6.45, 7) is 0. The third-order valence-electron chi connectivity index (χ3n) is 4.16. The molecule has 0 spiro atoms. The van der Waals surface area contributed by atoms with Crippen molar-refractivity contribution in [1.29, 1.82) is 0 Å². The highest BCUT2D eigenvalue weighted by Gasteiger charge is 2.11. The molecule has 5 heteroatoms. The van der Waals surface area contributed by atoms with Crippen molar-refractivity contribution in [3.05, 3.63) is 106 Å². The van der Waals surface area contributed by atoms with Crippen LogP contribution in [-0.4, -0.2) is 9.55 Å². The SMILES string of the molecule is O=c1c2ccccc2nc(/C=C\c2ccc(F)cc2)n1-c1cccc(F)c1. The number of nitrogens with zero attached hydrogens (tertiary/aromatic N) is 2. The highest BCUT2D eigenvalue weighted by Crippen LogP contribution is 2.16. The highest BCUT2D eigenvalue weighted by atomic mass is 19.1. The number of fused-ring (bicyclic) bond motifs is 1. The van der Waals surface area contributed by atoms with Crippen LogP contribution in [0.25, 0.3) is 28.7 Å². The zero-order valence-electron chi connectivity index (χ0n) is 14.1. The van der Waals surface area contributed by atoms with E-state index in [4.69, 9.17) is 0 Å². The second-order valence-electron chi connectivity index (χ2n) is 5.99. The lowest BCUT2D eigenvalue weighted by Gasteiger charge is -2.11. The topological polar surface area (TPSA) is 34.9 Å². The first kappa shape index (κ1) is 16.8. The molecule has 3 nitrogen and oxygen atoms in total. The Morgan fingerprint density at radius 2 is 1.59 bits per heavy atom. The average Bonchev–Trinajstić information content (AvgIpc) is 2.68. The lowest BCUT2D eigenvalue weighted by Crippen LogP contribution is -2.22. The van der Waals surface area contributed by atoms with Crippen molar-refractivity contribution in [2.45, 2.75) is 0 Å². The van der Waals surface area contributed by atoms with Gasteiger partial charge in [0.05, 0.1) is 16.6 Å². The maximum atomic E-state index is 13.7. The van der Waals surface area contributed by atoms with Crippen LogP contribution in [0.15, 0.2) is 77.6 Å². The molecule has 132 valence electrons. The zero-order valence-corrected chi connectivity index (χ0v) is 14.1. The van der Waals surface area contributed by atoms with Crippen molar-refractivity contribution < 1.29 is 8.78 Å². The minimum atomic E-state index is -0.443. The smallest absolute Gasteiger partial charge is 0.266 e. The first-order valence-corrected chi connectivity index (χ1v) is 8.33. The first-order valence-electron chi connectivity index (χ1n) is 8.33. The molecule has 4 aromatic rings. The van der Waals surface area contributed by atoms with Crippen molar-refractivity contribution in [3.8, 4) is 5.69 Å². The molecular formula is C22H14F2N2O. The van der Waals surface area contributed by atoms with E-state index in [0.29, 0.717) is 22.4 Å². The number of halogens is 2. The molecule has 0 aliphatic rings. The van der Waals surface area contributed by atoms with Gasteiger partial charge < -0.3 is 0 Å². The summed E-state index contributed by atoms with van der Waals surface area (Å²) in [6, 6.07) is 18.7. The van der Waals surface area contributed by atoms with E-state index in [0.717, 1.165) is 5.56 Å². The van der Waals surface area contributed by atoms with Crippen molar-refractivity contribution in [1.82, 2.24) is 9.55 Å². The van der Waals surface area contributed by atoms with E-state index < -0.39 is 5.82 Å². The second kappa shape index (κ2) is 6.96. The number of hydrogen-bond acceptors (Lipinski definition) is 2.